The number of carbonyl (C=O) groups is 2. The summed E-state index contributed by atoms with van der Waals surface area (Å²) in [4.78, 5) is 36.2. The average molecular weight is 632 g/mol. The van der Waals surface area contributed by atoms with Crippen LogP contribution in [-0.2, 0) is 11.3 Å². The van der Waals surface area contributed by atoms with Gasteiger partial charge in [-0.15, -0.1) is 0 Å². The second-order valence-corrected chi connectivity index (χ2v) is 12.4. The number of nitrogens with one attached hydrogen (secondary N) is 2. The number of likely N-dealkylation sites (tertiary alicyclic amines) is 1. The minimum atomic E-state index is -3.10. The number of piperidine rings is 1. The third-order valence-electron chi connectivity index (χ3n) is 7.47. The highest BCUT2D eigenvalue weighted by Crippen LogP contribution is 2.31. The fourth-order valence-corrected chi connectivity index (χ4v) is 5.20. The highest BCUT2D eigenvalue weighted by molar-refractivity contribution is 6.03. The van der Waals surface area contributed by atoms with E-state index >= 15 is 0 Å². The van der Waals surface area contributed by atoms with Gasteiger partial charge in [0.15, 0.2) is 0 Å². The van der Waals surface area contributed by atoms with Crippen molar-refractivity contribution in [2.24, 2.45) is 0 Å². The molecule has 5 rings (SSSR count). The number of anilines is 1. The van der Waals surface area contributed by atoms with Crippen molar-refractivity contribution >= 4 is 17.7 Å². The predicted molar refractivity (Wildman–Crippen MR) is 170 cm³/mol. The van der Waals surface area contributed by atoms with Gasteiger partial charge in [-0.25, -0.2) is 18.0 Å². The van der Waals surface area contributed by atoms with Gasteiger partial charge in [-0.1, -0.05) is 18.2 Å². The molecule has 0 radical (unpaired) electrons. The quantitative estimate of drug-likeness (QED) is 0.223. The predicted octanol–water partition coefficient (Wildman–Crippen LogP) is 7.24. The summed E-state index contributed by atoms with van der Waals surface area (Å²) in [6.07, 6.45) is 1.92. The largest absolute Gasteiger partial charge is 0.444 e. The SMILES string of the molecule is Cc1ccc(-c2cc(CN3CCC(F)(F)[C@H](NC(=O)OC(C)(C)C)C3)cc(NC(=O)c3cc(-c4ccc(F)cc4)ccn3)c2)cn1. The summed E-state index contributed by atoms with van der Waals surface area (Å²) < 4.78 is 48.3. The molecule has 2 amide bonds. The first kappa shape index (κ1) is 32.6. The van der Waals surface area contributed by atoms with Crippen molar-refractivity contribution in [3.63, 3.8) is 0 Å². The van der Waals surface area contributed by atoms with Crippen molar-refractivity contribution in [3.8, 4) is 22.3 Å². The molecule has 0 aliphatic carbocycles. The van der Waals surface area contributed by atoms with Crippen LogP contribution >= 0.6 is 0 Å². The molecule has 0 saturated carbocycles. The number of halogens is 3. The summed E-state index contributed by atoms with van der Waals surface area (Å²) in [5.74, 6) is -3.91. The van der Waals surface area contributed by atoms with Crippen LogP contribution in [0.5, 0.6) is 0 Å². The molecule has 2 aromatic heterocycles. The number of hydrogen-bond acceptors (Lipinski definition) is 6. The van der Waals surface area contributed by atoms with Crippen LogP contribution in [0, 0.1) is 12.7 Å². The number of aromatic nitrogens is 2. The van der Waals surface area contributed by atoms with Gasteiger partial charge in [0.2, 0.25) is 0 Å². The third-order valence-corrected chi connectivity index (χ3v) is 7.47. The van der Waals surface area contributed by atoms with Crippen molar-refractivity contribution < 1.29 is 27.5 Å². The van der Waals surface area contributed by atoms with E-state index in [1.165, 1.54) is 18.3 Å². The highest BCUT2D eigenvalue weighted by atomic mass is 19.3. The molecule has 46 heavy (non-hydrogen) atoms. The van der Waals surface area contributed by atoms with E-state index in [0.29, 0.717) is 11.3 Å². The Labute approximate surface area is 266 Å². The van der Waals surface area contributed by atoms with Crippen LogP contribution in [0.1, 0.15) is 48.9 Å². The molecule has 2 N–H and O–H groups in total. The Morgan fingerprint density at radius 3 is 2.39 bits per heavy atom. The number of nitrogens with zero attached hydrogens (tertiary/aromatic N) is 3. The van der Waals surface area contributed by atoms with Crippen molar-refractivity contribution in [1.29, 1.82) is 0 Å². The molecule has 1 aliphatic rings. The molecule has 0 unspecified atom stereocenters. The molecule has 1 saturated heterocycles. The zero-order valence-corrected chi connectivity index (χ0v) is 26.1. The lowest BCUT2D eigenvalue weighted by molar-refractivity contribution is -0.0859. The Bertz CT molecular complexity index is 1710. The summed E-state index contributed by atoms with van der Waals surface area (Å²) in [5.41, 5.74) is 4.47. The van der Waals surface area contributed by atoms with E-state index in [4.69, 9.17) is 4.74 Å². The molecule has 1 aliphatic heterocycles. The fraction of sp³-hybridized carbons (Fsp3) is 0.314. The van der Waals surface area contributed by atoms with Crippen molar-refractivity contribution in [2.75, 3.05) is 18.4 Å². The molecule has 4 aromatic rings. The molecular weight excluding hydrogens is 595 g/mol. The second kappa shape index (κ2) is 13.3. The Hall–Kier alpha value is -4.77. The van der Waals surface area contributed by atoms with Gasteiger partial charge in [0, 0.05) is 55.4 Å². The van der Waals surface area contributed by atoms with E-state index in [2.05, 4.69) is 20.6 Å². The maximum atomic E-state index is 14.8. The summed E-state index contributed by atoms with van der Waals surface area (Å²) in [7, 11) is 0. The fourth-order valence-electron chi connectivity index (χ4n) is 5.20. The van der Waals surface area contributed by atoms with Crippen LogP contribution < -0.4 is 10.6 Å². The van der Waals surface area contributed by atoms with Crippen molar-refractivity contribution in [1.82, 2.24) is 20.2 Å². The van der Waals surface area contributed by atoms with E-state index < -0.39 is 36.0 Å². The molecule has 2 aromatic carbocycles. The molecule has 11 heteroatoms. The molecule has 0 spiro atoms. The molecule has 240 valence electrons. The lowest BCUT2D eigenvalue weighted by atomic mass is 9.99. The first-order valence-electron chi connectivity index (χ1n) is 14.9. The monoisotopic (exact) mass is 631 g/mol. The second-order valence-electron chi connectivity index (χ2n) is 12.4. The Morgan fingerprint density at radius 1 is 0.957 bits per heavy atom. The molecule has 1 atom stereocenters. The Kier molecular flexibility index (Phi) is 9.43. The van der Waals surface area contributed by atoms with Gasteiger partial charge >= 0.3 is 6.09 Å². The van der Waals surface area contributed by atoms with Gasteiger partial charge in [-0.3, -0.25) is 19.7 Å². The lowest BCUT2D eigenvalue weighted by Gasteiger charge is -2.38. The number of aryl methyl sites for hydroxylation is 1. The maximum absolute atomic E-state index is 14.8. The molecule has 0 bridgehead atoms. The first-order chi connectivity index (χ1) is 21.7. The number of pyridine rings is 2. The van der Waals surface area contributed by atoms with Crippen LogP contribution in [0.2, 0.25) is 0 Å². The van der Waals surface area contributed by atoms with E-state index in [1.807, 2.05) is 36.1 Å². The molecular formula is C35H36F3N5O3. The van der Waals surface area contributed by atoms with Gasteiger partial charge in [-0.05, 0) is 98.5 Å². The Balaban J connectivity index is 1.38. The highest BCUT2D eigenvalue weighted by Gasteiger charge is 2.45. The number of amides is 2. The minimum absolute atomic E-state index is 0.0929. The first-order valence-corrected chi connectivity index (χ1v) is 14.9. The minimum Gasteiger partial charge on any atom is -0.444 e. The van der Waals surface area contributed by atoms with E-state index in [0.717, 1.165) is 27.9 Å². The number of alkyl halides is 2. The van der Waals surface area contributed by atoms with E-state index in [-0.39, 0.29) is 31.1 Å². The number of rotatable bonds is 7. The molecule has 3 heterocycles. The molecule has 8 nitrogen and oxygen atoms in total. The maximum Gasteiger partial charge on any atom is 0.408 e. The lowest BCUT2D eigenvalue weighted by Crippen LogP contribution is -2.58. The Morgan fingerprint density at radius 2 is 1.70 bits per heavy atom. The van der Waals surface area contributed by atoms with Crippen LogP contribution in [0.3, 0.4) is 0 Å². The van der Waals surface area contributed by atoms with E-state index in [9.17, 15) is 22.8 Å². The summed E-state index contributed by atoms with van der Waals surface area (Å²) >= 11 is 0. The standard InChI is InChI=1S/C35H36F3N5O3/c1-22-5-6-26(19-40-22)27-15-23(20-43-14-12-35(37,38)31(21-43)42-33(45)46-34(2,3)4)16-29(17-27)41-32(44)30-18-25(11-13-39-30)24-7-9-28(36)10-8-24/h5-11,13,15-19,31H,12,14,20-21H2,1-4H3,(H,41,44)(H,42,45)/t31-/m1/s1. The van der Waals surface area contributed by atoms with Crippen LogP contribution in [0.15, 0.2) is 79.1 Å². The number of hydrogen-bond donors (Lipinski definition) is 2. The van der Waals surface area contributed by atoms with E-state index in [1.54, 1.807) is 57.3 Å². The van der Waals surface area contributed by atoms with Gasteiger partial charge in [-0.2, -0.15) is 0 Å². The van der Waals surface area contributed by atoms with Gasteiger partial charge in [0.05, 0.1) is 0 Å². The average Bonchev–Trinajstić information content (AvgIpc) is 2.99. The summed E-state index contributed by atoms with van der Waals surface area (Å²) in [6, 6.07) is 17.2. The van der Waals surface area contributed by atoms with Crippen molar-refractivity contribution in [3.05, 3.63) is 102 Å². The zero-order chi connectivity index (χ0) is 33.1. The normalized spacial score (nSPS) is 16.5. The number of benzene rings is 2. The van der Waals surface area contributed by atoms with Crippen molar-refractivity contribution in [2.45, 2.75) is 58.2 Å². The van der Waals surface area contributed by atoms with Crippen LogP contribution in [0.4, 0.5) is 23.7 Å². The number of carbonyl (C=O) groups excluding carboxylic acids is 2. The number of alkyl carbamates (subject to hydrolysis) is 1. The summed E-state index contributed by atoms with van der Waals surface area (Å²) in [6.45, 7) is 7.20. The smallest absolute Gasteiger partial charge is 0.408 e. The van der Waals surface area contributed by atoms with Crippen LogP contribution in [0.25, 0.3) is 22.3 Å². The van der Waals surface area contributed by atoms with Gasteiger partial charge in [0.25, 0.3) is 11.8 Å². The van der Waals surface area contributed by atoms with Gasteiger partial charge < -0.3 is 15.4 Å². The topological polar surface area (TPSA) is 96.5 Å². The van der Waals surface area contributed by atoms with Crippen LogP contribution in [-0.4, -0.2) is 57.5 Å². The third kappa shape index (κ3) is 8.48. The summed E-state index contributed by atoms with van der Waals surface area (Å²) in [5, 5.41) is 5.28. The zero-order valence-electron chi connectivity index (χ0n) is 26.1. The molecule has 1 fully saturated rings. The van der Waals surface area contributed by atoms with Gasteiger partial charge in [0.1, 0.15) is 23.2 Å². The number of ether oxygens (including phenoxy) is 1.